The van der Waals surface area contributed by atoms with Gasteiger partial charge in [0.25, 0.3) is 0 Å². The van der Waals surface area contributed by atoms with Crippen LogP contribution in [0.25, 0.3) is 0 Å². The van der Waals surface area contributed by atoms with E-state index in [1.807, 2.05) is 12.1 Å². The molecule has 27 heavy (non-hydrogen) atoms. The van der Waals surface area contributed by atoms with Crippen molar-refractivity contribution in [2.24, 2.45) is 10.7 Å². The zero-order valence-electron chi connectivity index (χ0n) is 14.5. The van der Waals surface area contributed by atoms with E-state index in [9.17, 15) is 18.0 Å². The van der Waals surface area contributed by atoms with Gasteiger partial charge in [-0.3, -0.25) is 9.79 Å². The molecule has 0 saturated carbocycles. The summed E-state index contributed by atoms with van der Waals surface area (Å²) in [5, 5.41) is 5.47. The van der Waals surface area contributed by atoms with E-state index in [1.165, 1.54) is 31.2 Å². The smallest absolute Gasteiger partial charge is 0.406 e. The van der Waals surface area contributed by atoms with Crippen molar-refractivity contribution < 1.29 is 22.7 Å². The summed E-state index contributed by atoms with van der Waals surface area (Å²) in [5.41, 5.74) is 8.00. The fraction of sp³-hybridized carbons (Fsp3) is 0.222. The summed E-state index contributed by atoms with van der Waals surface area (Å²) < 4.78 is 40.1. The van der Waals surface area contributed by atoms with Crippen LogP contribution in [0, 0.1) is 0 Å². The molecule has 0 aliphatic carbocycles. The average Bonchev–Trinajstić information content (AvgIpc) is 2.56. The van der Waals surface area contributed by atoms with Crippen LogP contribution in [0.2, 0.25) is 0 Å². The van der Waals surface area contributed by atoms with Crippen LogP contribution in [0.1, 0.15) is 12.5 Å². The summed E-state index contributed by atoms with van der Waals surface area (Å²) >= 11 is 0. The van der Waals surface area contributed by atoms with Crippen LogP contribution in [-0.2, 0) is 11.2 Å². The Balaban J connectivity index is 1.82. The number of anilines is 2. The predicted octanol–water partition coefficient (Wildman–Crippen LogP) is 3.51. The van der Waals surface area contributed by atoms with Crippen LogP contribution >= 0.6 is 0 Å². The highest BCUT2D eigenvalue weighted by Gasteiger charge is 2.30. The summed E-state index contributed by atoms with van der Waals surface area (Å²) in [7, 11) is 0. The number of benzene rings is 2. The predicted molar refractivity (Wildman–Crippen MR) is 97.7 cm³/mol. The van der Waals surface area contributed by atoms with Crippen LogP contribution in [0.3, 0.4) is 0 Å². The maximum atomic E-state index is 12.1. The first-order valence-corrected chi connectivity index (χ1v) is 8.00. The lowest BCUT2D eigenvalue weighted by molar-refractivity contribution is -0.274. The van der Waals surface area contributed by atoms with Gasteiger partial charge in [0.05, 0.1) is 0 Å². The Morgan fingerprint density at radius 3 is 2.15 bits per heavy atom. The number of nitrogens with one attached hydrogen (secondary N) is 2. The number of ether oxygens (including phenoxy) is 1. The van der Waals surface area contributed by atoms with Crippen molar-refractivity contribution in [3.05, 3.63) is 54.1 Å². The van der Waals surface area contributed by atoms with E-state index < -0.39 is 6.36 Å². The lowest BCUT2D eigenvalue weighted by atomic mass is 10.1. The van der Waals surface area contributed by atoms with E-state index in [2.05, 4.69) is 20.4 Å². The summed E-state index contributed by atoms with van der Waals surface area (Å²) in [6.07, 6.45) is -4.09. The van der Waals surface area contributed by atoms with Crippen LogP contribution in [0.4, 0.5) is 24.5 Å². The number of aliphatic imine (C=N–C) groups is 1. The Labute approximate surface area is 154 Å². The number of hydrogen-bond acceptors (Lipinski definition) is 3. The molecule has 0 bridgehead atoms. The molecule has 2 rings (SSSR count). The van der Waals surface area contributed by atoms with Gasteiger partial charge >= 0.3 is 6.36 Å². The molecule has 2 aromatic carbocycles. The van der Waals surface area contributed by atoms with Crippen molar-refractivity contribution in [3.8, 4) is 5.75 Å². The Hall–Kier alpha value is -3.23. The second-order valence-electron chi connectivity index (χ2n) is 5.59. The number of amides is 1. The normalized spacial score (nSPS) is 11.8. The molecule has 0 aromatic heterocycles. The van der Waals surface area contributed by atoms with E-state index in [-0.39, 0.29) is 17.6 Å². The molecule has 9 heteroatoms. The molecule has 0 fully saturated rings. The Morgan fingerprint density at radius 2 is 1.59 bits per heavy atom. The number of hydrogen-bond donors (Lipinski definition) is 3. The molecule has 0 aliphatic heterocycles. The molecule has 0 atom stereocenters. The molecule has 4 N–H and O–H groups in total. The first-order chi connectivity index (χ1) is 12.7. The fourth-order valence-electron chi connectivity index (χ4n) is 2.19. The number of alkyl halides is 3. The van der Waals surface area contributed by atoms with Crippen molar-refractivity contribution in [2.45, 2.75) is 19.7 Å². The lowest BCUT2D eigenvalue weighted by Gasteiger charge is -2.10. The molecule has 0 spiro atoms. The summed E-state index contributed by atoms with van der Waals surface area (Å²) in [6.45, 7) is 1.86. The van der Waals surface area contributed by atoms with Crippen LogP contribution < -0.4 is 21.1 Å². The maximum absolute atomic E-state index is 12.1. The van der Waals surface area contributed by atoms with E-state index in [0.717, 1.165) is 5.56 Å². The van der Waals surface area contributed by atoms with Gasteiger partial charge in [0, 0.05) is 24.8 Å². The highest BCUT2D eigenvalue weighted by molar-refractivity contribution is 5.92. The third-order valence-corrected chi connectivity index (χ3v) is 3.32. The van der Waals surface area contributed by atoms with Crippen LogP contribution in [-0.4, -0.2) is 24.8 Å². The topological polar surface area (TPSA) is 88.7 Å². The minimum atomic E-state index is -4.73. The molecule has 2 aromatic rings. The second-order valence-corrected chi connectivity index (χ2v) is 5.59. The molecule has 0 radical (unpaired) electrons. The Kier molecular flexibility index (Phi) is 6.64. The number of halogens is 3. The van der Waals surface area contributed by atoms with Gasteiger partial charge in [-0.05, 0) is 48.4 Å². The zero-order chi connectivity index (χ0) is 19.9. The lowest BCUT2D eigenvalue weighted by Crippen LogP contribution is -2.23. The molecule has 0 saturated heterocycles. The van der Waals surface area contributed by atoms with Gasteiger partial charge in [-0.1, -0.05) is 12.1 Å². The molecule has 0 heterocycles. The highest BCUT2D eigenvalue weighted by Crippen LogP contribution is 2.23. The van der Waals surface area contributed by atoms with Crippen molar-refractivity contribution in [1.82, 2.24) is 0 Å². The average molecular weight is 380 g/mol. The number of guanidine groups is 1. The SMILES string of the molecule is CC(=O)Nc1ccc(CCN=C(N)Nc2ccc(OC(F)(F)F)cc2)cc1. The molecule has 0 aliphatic rings. The maximum Gasteiger partial charge on any atom is 0.573 e. The molecule has 6 nitrogen and oxygen atoms in total. The monoisotopic (exact) mass is 380 g/mol. The van der Waals surface area contributed by atoms with Crippen molar-refractivity contribution >= 4 is 23.2 Å². The van der Waals surface area contributed by atoms with E-state index in [1.54, 1.807) is 12.1 Å². The van der Waals surface area contributed by atoms with E-state index in [4.69, 9.17) is 5.73 Å². The Morgan fingerprint density at radius 1 is 1.04 bits per heavy atom. The largest absolute Gasteiger partial charge is 0.573 e. The second kappa shape index (κ2) is 8.93. The first-order valence-electron chi connectivity index (χ1n) is 8.00. The van der Waals surface area contributed by atoms with Gasteiger partial charge in [0.15, 0.2) is 5.96 Å². The van der Waals surface area contributed by atoms with E-state index >= 15 is 0 Å². The van der Waals surface area contributed by atoms with Gasteiger partial charge < -0.3 is 21.1 Å². The minimum Gasteiger partial charge on any atom is -0.406 e. The summed E-state index contributed by atoms with van der Waals surface area (Å²) in [6, 6.07) is 12.5. The quantitative estimate of drug-likeness (QED) is 0.529. The molecule has 0 unspecified atom stereocenters. The number of carbonyl (C=O) groups excluding carboxylic acids is 1. The van der Waals surface area contributed by atoms with Gasteiger partial charge in [-0.25, -0.2) is 0 Å². The number of nitrogens with zero attached hydrogens (tertiary/aromatic N) is 1. The van der Waals surface area contributed by atoms with Crippen molar-refractivity contribution in [3.63, 3.8) is 0 Å². The molecular formula is C18H19F3N4O2. The minimum absolute atomic E-state index is 0.135. The fourth-order valence-corrected chi connectivity index (χ4v) is 2.19. The standard InChI is InChI=1S/C18H19F3N4O2/c1-12(26)24-14-4-2-13(3-5-14)10-11-23-17(22)25-15-6-8-16(9-7-15)27-18(19,20)21/h2-9H,10-11H2,1H3,(H,24,26)(H3,22,23,25). The highest BCUT2D eigenvalue weighted by atomic mass is 19.4. The zero-order valence-corrected chi connectivity index (χ0v) is 14.5. The van der Waals surface area contributed by atoms with Crippen molar-refractivity contribution in [2.75, 3.05) is 17.2 Å². The van der Waals surface area contributed by atoms with Crippen molar-refractivity contribution in [1.29, 1.82) is 0 Å². The van der Waals surface area contributed by atoms with Gasteiger partial charge in [0.1, 0.15) is 5.75 Å². The molecule has 1 amide bonds. The Bertz CT molecular complexity index is 788. The third-order valence-electron chi connectivity index (χ3n) is 3.32. The number of rotatable bonds is 6. The number of nitrogens with two attached hydrogens (primary N) is 1. The molecular weight excluding hydrogens is 361 g/mol. The summed E-state index contributed by atoms with van der Waals surface area (Å²) in [4.78, 5) is 15.1. The number of carbonyl (C=O) groups is 1. The van der Waals surface area contributed by atoms with Crippen LogP contribution in [0.5, 0.6) is 5.75 Å². The van der Waals surface area contributed by atoms with Gasteiger partial charge in [-0.15, -0.1) is 13.2 Å². The summed E-state index contributed by atoms with van der Waals surface area (Å²) in [5.74, 6) is -0.301. The third kappa shape index (κ3) is 7.68. The first kappa shape index (κ1) is 20.1. The van der Waals surface area contributed by atoms with Gasteiger partial charge in [-0.2, -0.15) is 0 Å². The van der Waals surface area contributed by atoms with E-state index in [0.29, 0.717) is 24.3 Å². The van der Waals surface area contributed by atoms with Gasteiger partial charge in [0.2, 0.25) is 5.91 Å². The molecule has 144 valence electrons. The van der Waals surface area contributed by atoms with Crippen LogP contribution in [0.15, 0.2) is 53.5 Å².